The molecule has 0 bridgehead atoms. The summed E-state index contributed by atoms with van der Waals surface area (Å²) in [6.45, 7) is 8.01. The molecule has 4 nitrogen and oxygen atoms in total. The van der Waals surface area contributed by atoms with Crippen LogP contribution in [0.25, 0.3) is 0 Å². The van der Waals surface area contributed by atoms with Gasteiger partial charge in [-0.05, 0) is 20.8 Å². The molecule has 0 heterocycles. The first-order valence-corrected chi connectivity index (χ1v) is 6.09. The summed E-state index contributed by atoms with van der Waals surface area (Å²) in [4.78, 5) is 24.8. The SMILES string of the molecule is CCN(CC(=O)NC(C)C)C(=O)C(C)CCl. The van der Waals surface area contributed by atoms with Gasteiger partial charge in [-0.2, -0.15) is 0 Å². The van der Waals surface area contributed by atoms with Gasteiger partial charge in [0.1, 0.15) is 0 Å². The first kappa shape index (κ1) is 15.2. The van der Waals surface area contributed by atoms with Crippen molar-refractivity contribution in [2.75, 3.05) is 19.0 Å². The molecule has 1 unspecified atom stereocenters. The number of hydrogen-bond donors (Lipinski definition) is 1. The zero-order valence-corrected chi connectivity index (χ0v) is 11.2. The third kappa shape index (κ3) is 5.35. The summed E-state index contributed by atoms with van der Waals surface area (Å²) in [5.41, 5.74) is 0. The van der Waals surface area contributed by atoms with Crippen LogP contribution in [0.15, 0.2) is 0 Å². The molecule has 2 amide bonds. The van der Waals surface area contributed by atoms with E-state index in [2.05, 4.69) is 5.32 Å². The Morgan fingerprint density at radius 1 is 1.31 bits per heavy atom. The first-order valence-electron chi connectivity index (χ1n) is 5.56. The zero-order chi connectivity index (χ0) is 12.7. The maximum atomic E-state index is 11.8. The van der Waals surface area contributed by atoms with Gasteiger partial charge >= 0.3 is 0 Å². The second-order valence-corrected chi connectivity index (χ2v) is 4.44. The highest BCUT2D eigenvalue weighted by molar-refractivity contribution is 6.19. The second kappa shape index (κ2) is 7.49. The molecule has 0 aliphatic carbocycles. The predicted molar refractivity (Wildman–Crippen MR) is 65.4 cm³/mol. The number of likely N-dealkylation sites (N-methyl/N-ethyl adjacent to an activating group) is 1. The van der Waals surface area contributed by atoms with Crippen LogP contribution < -0.4 is 5.32 Å². The molecule has 0 spiro atoms. The molecule has 1 N–H and O–H groups in total. The van der Waals surface area contributed by atoms with Crippen LogP contribution >= 0.6 is 11.6 Å². The molecular weight excluding hydrogens is 228 g/mol. The normalized spacial score (nSPS) is 12.4. The van der Waals surface area contributed by atoms with E-state index < -0.39 is 0 Å². The van der Waals surface area contributed by atoms with E-state index in [0.717, 1.165) is 0 Å². The number of hydrogen-bond acceptors (Lipinski definition) is 2. The van der Waals surface area contributed by atoms with Gasteiger partial charge in [0.25, 0.3) is 0 Å². The second-order valence-electron chi connectivity index (χ2n) is 4.13. The van der Waals surface area contributed by atoms with E-state index >= 15 is 0 Å². The van der Waals surface area contributed by atoms with Gasteiger partial charge in [-0.15, -0.1) is 11.6 Å². The first-order chi connectivity index (χ1) is 7.42. The lowest BCUT2D eigenvalue weighted by molar-refractivity contribution is -0.138. The van der Waals surface area contributed by atoms with E-state index in [-0.39, 0.29) is 36.2 Å². The third-order valence-corrected chi connectivity index (χ3v) is 2.59. The van der Waals surface area contributed by atoms with Crippen molar-refractivity contribution in [3.05, 3.63) is 0 Å². The number of halogens is 1. The Morgan fingerprint density at radius 2 is 1.88 bits per heavy atom. The molecule has 0 radical (unpaired) electrons. The summed E-state index contributed by atoms with van der Waals surface area (Å²) < 4.78 is 0. The Bertz CT molecular complexity index is 244. The van der Waals surface area contributed by atoms with Gasteiger partial charge in [-0.25, -0.2) is 0 Å². The van der Waals surface area contributed by atoms with Gasteiger partial charge < -0.3 is 10.2 Å². The molecule has 0 aliphatic heterocycles. The Morgan fingerprint density at radius 3 is 2.25 bits per heavy atom. The molecule has 0 saturated heterocycles. The molecule has 0 aromatic rings. The molecule has 0 fully saturated rings. The minimum Gasteiger partial charge on any atom is -0.352 e. The number of amides is 2. The summed E-state index contributed by atoms with van der Waals surface area (Å²) in [5.74, 6) is -0.168. The van der Waals surface area contributed by atoms with E-state index in [4.69, 9.17) is 11.6 Å². The Balaban J connectivity index is 4.29. The molecule has 0 saturated carbocycles. The summed E-state index contributed by atoms with van der Waals surface area (Å²) in [6, 6.07) is 0.0896. The quantitative estimate of drug-likeness (QED) is 0.719. The molecule has 0 aromatic carbocycles. The minimum absolute atomic E-state index is 0.0728. The third-order valence-electron chi connectivity index (χ3n) is 2.13. The summed E-state index contributed by atoms with van der Waals surface area (Å²) in [5, 5.41) is 2.75. The van der Waals surface area contributed by atoms with Crippen molar-refractivity contribution in [1.82, 2.24) is 10.2 Å². The molecule has 94 valence electrons. The van der Waals surface area contributed by atoms with E-state index in [1.165, 1.54) is 4.90 Å². The molecule has 16 heavy (non-hydrogen) atoms. The van der Waals surface area contributed by atoms with E-state index in [1.807, 2.05) is 20.8 Å². The molecule has 0 rings (SSSR count). The molecule has 5 heteroatoms. The van der Waals surface area contributed by atoms with Gasteiger partial charge in [0.15, 0.2) is 0 Å². The Hall–Kier alpha value is -0.770. The number of rotatable bonds is 6. The molecule has 0 aromatic heterocycles. The van der Waals surface area contributed by atoms with Gasteiger partial charge in [0, 0.05) is 24.4 Å². The van der Waals surface area contributed by atoms with Crippen molar-refractivity contribution in [3.63, 3.8) is 0 Å². The van der Waals surface area contributed by atoms with Crippen molar-refractivity contribution in [2.24, 2.45) is 5.92 Å². The molecule has 1 atom stereocenters. The average molecular weight is 249 g/mol. The van der Waals surface area contributed by atoms with Crippen LogP contribution in [0.5, 0.6) is 0 Å². The maximum Gasteiger partial charge on any atom is 0.239 e. The van der Waals surface area contributed by atoms with Crippen LogP contribution in [-0.2, 0) is 9.59 Å². The van der Waals surface area contributed by atoms with Gasteiger partial charge in [0.05, 0.1) is 6.54 Å². The van der Waals surface area contributed by atoms with Crippen LogP contribution in [0.1, 0.15) is 27.7 Å². The average Bonchev–Trinajstić information content (AvgIpc) is 2.22. The van der Waals surface area contributed by atoms with Crippen LogP contribution in [-0.4, -0.2) is 41.7 Å². The van der Waals surface area contributed by atoms with Crippen LogP contribution in [0, 0.1) is 5.92 Å². The summed E-state index contributed by atoms with van der Waals surface area (Å²) in [6.07, 6.45) is 0. The monoisotopic (exact) mass is 248 g/mol. The summed E-state index contributed by atoms with van der Waals surface area (Å²) >= 11 is 5.62. The maximum absolute atomic E-state index is 11.8. The van der Waals surface area contributed by atoms with Crippen LogP contribution in [0.4, 0.5) is 0 Å². The molecular formula is C11H21ClN2O2. The van der Waals surface area contributed by atoms with Gasteiger partial charge in [-0.1, -0.05) is 6.92 Å². The van der Waals surface area contributed by atoms with Crippen molar-refractivity contribution < 1.29 is 9.59 Å². The lowest BCUT2D eigenvalue weighted by Gasteiger charge is -2.23. The molecule has 0 aliphatic rings. The Kier molecular flexibility index (Phi) is 7.13. The lowest BCUT2D eigenvalue weighted by atomic mass is 10.2. The Labute approximate surface area is 102 Å². The number of carbonyl (C=O) groups excluding carboxylic acids is 2. The fourth-order valence-corrected chi connectivity index (χ4v) is 1.40. The predicted octanol–water partition coefficient (Wildman–Crippen LogP) is 1.23. The van der Waals surface area contributed by atoms with E-state index in [9.17, 15) is 9.59 Å². The largest absolute Gasteiger partial charge is 0.352 e. The lowest BCUT2D eigenvalue weighted by Crippen LogP contribution is -2.44. The summed E-state index contributed by atoms with van der Waals surface area (Å²) in [7, 11) is 0. The van der Waals surface area contributed by atoms with Gasteiger partial charge in [-0.3, -0.25) is 9.59 Å². The standard InChI is InChI=1S/C11H21ClN2O2/c1-5-14(11(16)9(4)6-12)7-10(15)13-8(2)3/h8-9H,5-7H2,1-4H3,(H,13,15). The number of alkyl halides is 1. The smallest absolute Gasteiger partial charge is 0.239 e. The number of nitrogens with one attached hydrogen (secondary N) is 1. The van der Waals surface area contributed by atoms with Crippen molar-refractivity contribution >= 4 is 23.4 Å². The number of nitrogens with zero attached hydrogens (tertiary/aromatic N) is 1. The minimum atomic E-state index is -0.242. The van der Waals surface area contributed by atoms with Crippen LogP contribution in [0.3, 0.4) is 0 Å². The van der Waals surface area contributed by atoms with Crippen molar-refractivity contribution in [1.29, 1.82) is 0 Å². The highest BCUT2D eigenvalue weighted by Crippen LogP contribution is 2.04. The highest BCUT2D eigenvalue weighted by atomic mass is 35.5. The zero-order valence-electron chi connectivity index (χ0n) is 10.4. The van der Waals surface area contributed by atoms with Crippen molar-refractivity contribution in [3.8, 4) is 0 Å². The van der Waals surface area contributed by atoms with Gasteiger partial charge in [0.2, 0.25) is 11.8 Å². The number of carbonyl (C=O) groups is 2. The fraction of sp³-hybridized carbons (Fsp3) is 0.818. The fourth-order valence-electron chi connectivity index (χ4n) is 1.26. The topological polar surface area (TPSA) is 49.4 Å². The van der Waals surface area contributed by atoms with Crippen molar-refractivity contribution in [2.45, 2.75) is 33.7 Å². The highest BCUT2D eigenvalue weighted by Gasteiger charge is 2.20. The van der Waals surface area contributed by atoms with E-state index in [0.29, 0.717) is 6.54 Å². The van der Waals surface area contributed by atoms with E-state index in [1.54, 1.807) is 6.92 Å². The van der Waals surface area contributed by atoms with Crippen LogP contribution in [0.2, 0.25) is 0 Å².